The zero-order valence-corrected chi connectivity index (χ0v) is 12.5. The molecule has 0 N–H and O–H groups in total. The second kappa shape index (κ2) is 6.04. The first-order valence-corrected chi connectivity index (χ1v) is 7.28. The SMILES string of the molecule is O=C(Oc1ccc(-c2nnco2)cc1)c1ccc2c(c1)OCCO2. The third-order valence-electron chi connectivity index (χ3n) is 3.45. The fourth-order valence-corrected chi connectivity index (χ4v) is 2.30. The zero-order chi connectivity index (χ0) is 16.4. The Balaban J connectivity index is 1.49. The Labute approximate surface area is 136 Å². The average Bonchev–Trinajstić information content (AvgIpc) is 3.16. The first-order valence-electron chi connectivity index (χ1n) is 7.28. The normalized spacial score (nSPS) is 12.7. The molecule has 2 aromatic carbocycles. The quantitative estimate of drug-likeness (QED) is 0.541. The van der Waals surface area contributed by atoms with Crippen LogP contribution in [0.3, 0.4) is 0 Å². The largest absolute Gasteiger partial charge is 0.486 e. The van der Waals surface area contributed by atoms with Crippen molar-refractivity contribution in [2.24, 2.45) is 0 Å². The van der Waals surface area contributed by atoms with Gasteiger partial charge in [0.05, 0.1) is 5.56 Å². The summed E-state index contributed by atoms with van der Waals surface area (Å²) in [6.07, 6.45) is 1.26. The van der Waals surface area contributed by atoms with E-state index in [9.17, 15) is 4.79 Å². The summed E-state index contributed by atoms with van der Waals surface area (Å²) in [6, 6.07) is 11.8. The van der Waals surface area contributed by atoms with Crippen molar-refractivity contribution in [3.8, 4) is 28.7 Å². The van der Waals surface area contributed by atoms with Gasteiger partial charge in [0.2, 0.25) is 12.3 Å². The average molecular weight is 324 g/mol. The van der Waals surface area contributed by atoms with Crippen LogP contribution in [0.5, 0.6) is 17.2 Å². The Morgan fingerprint density at radius 2 is 1.79 bits per heavy atom. The highest BCUT2D eigenvalue weighted by Crippen LogP contribution is 2.31. The minimum absolute atomic E-state index is 0.389. The highest BCUT2D eigenvalue weighted by Gasteiger charge is 2.16. The highest BCUT2D eigenvalue weighted by atomic mass is 16.6. The fraction of sp³-hybridized carbons (Fsp3) is 0.118. The van der Waals surface area contributed by atoms with Crippen LogP contribution in [-0.4, -0.2) is 29.4 Å². The summed E-state index contributed by atoms with van der Waals surface area (Å²) < 4.78 is 21.4. The number of carbonyl (C=O) groups is 1. The van der Waals surface area contributed by atoms with E-state index in [2.05, 4.69) is 10.2 Å². The van der Waals surface area contributed by atoms with Gasteiger partial charge in [-0.3, -0.25) is 0 Å². The molecule has 7 nitrogen and oxygen atoms in total. The third kappa shape index (κ3) is 2.79. The molecule has 2 heterocycles. The molecule has 7 heteroatoms. The molecule has 24 heavy (non-hydrogen) atoms. The predicted molar refractivity (Wildman–Crippen MR) is 82.1 cm³/mol. The Hall–Kier alpha value is -3.35. The van der Waals surface area contributed by atoms with E-state index in [1.165, 1.54) is 6.39 Å². The zero-order valence-electron chi connectivity index (χ0n) is 12.5. The molecule has 0 atom stereocenters. The third-order valence-corrected chi connectivity index (χ3v) is 3.45. The number of benzene rings is 2. The lowest BCUT2D eigenvalue weighted by atomic mass is 10.2. The van der Waals surface area contributed by atoms with Crippen LogP contribution in [0.2, 0.25) is 0 Å². The van der Waals surface area contributed by atoms with Crippen molar-refractivity contribution in [2.45, 2.75) is 0 Å². The van der Waals surface area contributed by atoms with E-state index < -0.39 is 5.97 Å². The van der Waals surface area contributed by atoms with Gasteiger partial charge in [-0.05, 0) is 42.5 Å². The maximum absolute atomic E-state index is 12.3. The lowest BCUT2D eigenvalue weighted by Crippen LogP contribution is -2.16. The summed E-state index contributed by atoms with van der Waals surface area (Å²) in [5.74, 6) is 1.51. The Bertz CT molecular complexity index is 859. The summed E-state index contributed by atoms with van der Waals surface area (Å²) >= 11 is 0. The number of hydrogen-bond acceptors (Lipinski definition) is 7. The van der Waals surface area contributed by atoms with Gasteiger partial charge in [-0.15, -0.1) is 10.2 Å². The molecule has 3 aromatic rings. The van der Waals surface area contributed by atoms with Gasteiger partial charge >= 0.3 is 5.97 Å². The van der Waals surface area contributed by atoms with E-state index in [0.717, 1.165) is 5.56 Å². The fourth-order valence-electron chi connectivity index (χ4n) is 2.30. The highest BCUT2D eigenvalue weighted by molar-refractivity contribution is 5.91. The van der Waals surface area contributed by atoms with Crippen LogP contribution in [0.15, 0.2) is 53.3 Å². The molecule has 120 valence electrons. The molecular weight excluding hydrogens is 312 g/mol. The number of hydrogen-bond donors (Lipinski definition) is 0. The lowest BCUT2D eigenvalue weighted by Gasteiger charge is -2.18. The number of aromatic nitrogens is 2. The summed E-state index contributed by atoms with van der Waals surface area (Å²) in [5, 5.41) is 7.44. The predicted octanol–water partition coefficient (Wildman–Crippen LogP) is 2.73. The van der Waals surface area contributed by atoms with Gasteiger partial charge < -0.3 is 18.6 Å². The molecule has 0 fully saturated rings. The van der Waals surface area contributed by atoms with Crippen molar-refractivity contribution in [3.63, 3.8) is 0 Å². The number of nitrogens with zero attached hydrogens (tertiary/aromatic N) is 2. The number of rotatable bonds is 3. The van der Waals surface area contributed by atoms with E-state index in [1.54, 1.807) is 42.5 Å². The van der Waals surface area contributed by atoms with Crippen molar-refractivity contribution in [1.82, 2.24) is 10.2 Å². The van der Waals surface area contributed by atoms with Gasteiger partial charge in [0.15, 0.2) is 11.5 Å². The standard InChI is InChI=1S/C17H12N2O5/c20-17(12-3-6-14-15(9-12)22-8-7-21-14)24-13-4-1-11(2-5-13)16-19-18-10-23-16/h1-6,9-10H,7-8H2. The monoisotopic (exact) mass is 324 g/mol. The molecule has 4 rings (SSSR count). The molecule has 1 aliphatic rings. The van der Waals surface area contributed by atoms with Gasteiger partial charge in [-0.2, -0.15) is 0 Å². The van der Waals surface area contributed by atoms with Crippen molar-refractivity contribution < 1.29 is 23.4 Å². The smallest absolute Gasteiger partial charge is 0.343 e. The van der Waals surface area contributed by atoms with Crippen LogP contribution in [0.25, 0.3) is 11.5 Å². The van der Waals surface area contributed by atoms with Crippen molar-refractivity contribution in [1.29, 1.82) is 0 Å². The minimum Gasteiger partial charge on any atom is -0.486 e. The maximum Gasteiger partial charge on any atom is 0.343 e. The van der Waals surface area contributed by atoms with Gasteiger partial charge in [0.25, 0.3) is 0 Å². The maximum atomic E-state index is 12.3. The Morgan fingerprint density at radius 1 is 1.00 bits per heavy atom. The Kier molecular flexibility index (Phi) is 3.59. The van der Waals surface area contributed by atoms with Crippen molar-refractivity contribution in [2.75, 3.05) is 13.2 Å². The second-order valence-electron chi connectivity index (χ2n) is 5.02. The molecule has 0 bridgehead atoms. The first-order chi connectivity index (χ1) is 11.8. The van der Waals surface area contributed by atoms with Gasteiger partial charge in [-0.25, -0.2) is 4.79 Å². The minimum atomic E-state index is -0.475. The number of fused-ring (bicyclic) bond motifs is 1. The van der Waals surface area contributed by atoms with E-state index >= 15 is 0 Å². The summed E-state index contributed by atoms with van der Waals surface area (Å²) in [6.45, 7) is 0.964. The van der Waals surface area contributed by atoms with E-state index in [4.69, 9.17) is 18.6 Å². The summed E-state index contributed by atoms with van der Waals surface area (Å²) in [5.41, 5.74) is 1.13. The molecule has 0 saturated carbocycles. The number of carbonyl (C=O) groups excluding carboxylic acids is 1. The summed E-state index contributed by atoms with van der Waals surface area (Å²) in [4.78, 5) is 12.3. The first kappa shape index (κ1) is 14.3. The van der Waals surface area contributed by atoms with Crippen LogP contribution in [-0.2, 0) is 0 Å². The van der Waals surface area contributed by atoms with E-state index in [-0.39, 0.29) is 0 Å². The van der Waals surface area contributed by atoms with Crippen LogP contribution in [0.1, 0.15) is 10.4 Å². The van der Waals surface area contributed by atoms with E-state index in [1.807, 2.05) is 0 Å². The molecule has 0 unspecified atom stereocenters. The molecule has 0 aliphatic carbocycles. The second-order valence-corrected chi connectivity index (χ2v) is 5.02. The molecule has 1 aromatic heterocycles. The van der Waals surface area contributed by atoms with Crippen molar-refractivity contribution >= 4 is 5.97 Å². The van der Waals surface area contributed by atoms with Crippen LogP contribution >= 0.6 is 0 Å². The van der Waals surface area contributed by atoms with Crippen LogP contribution in [0, 0.1) is 0 Å². The van der Waals surface area contributed by atoms with Gasteiger partial charge in [0.1, 0.15) is 19.0 Å². The van der Waals surface area contributed by atoms with Crippen LogP contribution in [0.4, 0.5) is 0 Å². The number of ether oxygens (including phenoxy) is 3. The van der Waals surface area contributed by atoms with Crippen LogP contribution < -0.4 is 14.2 Å². The molecule has 0 saturated heterocycles. The van der Waals surface area contributed by atoms with Gasteiger partial charge in [0, 0.05) is 5.56 Å². The topological polar surface area (TPSA) is 83.7 Å². The van der Waals surface area contributed by atoms with Crippen molar-refractivity contribution in [3.05, 3.63) is 54.4 Å². The molecule has 0 amide bonds. The number of esters is 1. The molecular formula is C17H12N2O5. The lowest BCUT2D eigenvalue weighted by molar-refractivity contribution is 0.0733. The Morgan fingerprint density at radius 3 is 2.54 bits per heavy atom. The molecule has 0 spiro atoms. The summed E-state index contributed by atoms with van der Waals surface area (Å²) in [7, 11) is 0. The van der Waals surface area contributed by atoms with E-state index in [0.29, 0.717) is 41.9 Å². The molecule has 0 radical (unpaired) electrons. The van der Waals surface area contributed by atoms with Gasteiger partial charge in [-0.1, -0.05) is 0 Å². The molecule has 1 aliphatic heterocycles.